The maximum Gasteiger partial charge on any atom is 0.160 e. The van der Waals surface area contributed by atoms with Crippen LogP contribution < -0.4 is 0 Å². The van der Waals surface area contributed by atoms with Gasteiger partial charge in [-0.1, -0.05) is 182 Å². The van der Waals surface area contributed by atoms with Crippen LogP contribution in [0.3, 0.4) is 0 Å². The molecular weight excluding hydrogens is 709 g/mol. The van der Waals surface area contributed by atoms with Gasteiger partial charge in [-0.15, -0.1) is 11.3 Å². The second-order valence-electron chi connectivity index (χ2n) is 15.0. The molecule has 0 spiro atoms. The van der Waals surface area contributed by atoms with Gasteiger partial charge in [-0.2, -0.15) is 0 Å². The molecule has 57 heavy (non-hydrogen) atoms. The molecule has 268 valence electrons. The third-order valence-corrected chi connectivity index (χ3v) is 13.0. The average Bonchev–Trinajstić information content (AvgIpc) is 3.80. The third-order valence-electron chi connectivity index (χ3n) is 11.8. The van der Waals surface area contributed by atoms with E-state index in [1.807, 2.05) is 29.5 Å². The van der Waals surface area contributed by atoms with Crippen LogP contribution in [0.25, 0.3) is 87.5 Å². The molecule has 1 aliphatic carbocycles. The second kappa shape index (κ2) is 13.4. The molecule has 3 heteroatoms. The molecule has 0 amide bonds. The number of benzene rings is 8. The van der Waals surface area contributed by atoms with Crippen molar-refractivity contribution < 1.29 is 0 Å². The van der Waals surface area contributed by atoms with E-state index < -0.39 is 0 Å². The van der Waals surface area contributed by atoms with Crippen molar-refractivity contribution in [3.8, 4) is 67.3 Å². The molecule has 0 bridgehead atoms. The van der Waals surface area contributed by atoms with Crippen molar-refractivity contribution in [3.05, 3.63) is 217 Å². The van der Waals surface area contributed by atoms with E-state index in [0.29, 0.717) is 5.82 Å². The number of rotatable bonds is 6. The number of aromatic nitrogens is 2. The van der Waals surface area contributed by atoms with E-state index in [2.05, 4.69) is 189 Å². The zero-order valence-electron chi connectivity index (χ0n) is 31.4. The Bertz CT molecular complexity index is 3130. The van der Waals surface area contributed by atoms with Crippen LogP contribution in [0.1, 0.15) is 23.6 Å². The predicted molar refractivity (Wildman–Crippen MR) is 240 cm³/mol. The van der Waals surface area contributed by atoms with Crippen LogP contribution in [0.15, 0.2) is 200 Å². The Labute approximate surface area is 336 Å². The van der Waals surface area contributed by atoms with Crippen molar-refractivity contribution in [1.82, 2.24) is 9.97 Å². The van der Waals surface area contributed by atoms with Crippen LogP contribution in [0, 0.1) is 0 Å². The lowest BCUT2D eigenvalue weighted by molar-refractivity contribution is 0.716. The van der Waals surface area contributed by atoms with Crippen LogP contribution in [-0.4, -0.2) is 9.97 Å². The number of fused-ring (bicyclic) bond motifs is 6. The minimum atomic E-state index is -0.286. The molecule has 0 fully saturated rings. The molecule has 8 aromatic carbocycles. The van der Waals surface area contributed by atoms with Crippen LogP contribution in [-0.2, 0) is 5.41 Å². The second-order valence-corrected chi connectivity index (χ2v) is 16.1. The van der Waals surface area contributed by atoms with E-state index in [0.717, 1.165) is 28.1 Å². The number of thiophene rings is 1. The summed E-state index contributed by atoms with van der Waals surface area (Å²) in [6.07, 6.45) is 0. The number of nitrogens with zero attached hydrogens (tertiary/aromatic N) is 2. The van der Waals surface area contributed by atoms with Gasteiger partial charge in [0.05, 0.1) is 11.4 Å². The summed E-state index contributed by atoms with van der Waals surface area (Å²) in [6, 6.07) is 72.1. The maximum absolute atomic E-state index is 5.19. The lowest BCUT2D eigenvalue weighted by Crippen LogP contribution is -2.23. The van der Waals surface area contributed by atoms with Crippen molar-refractivity contribution in [2.75, 3.05) is 0 Å². The summed E-state index contributed by atoms with van der Waals surface area (Å²) in [7, 11) is 0. The van der Waals surface area contributed by atoms with E-state index in [4.69, 9.17) is 9.97 Å². The Kier molecular flexibility index (Phi) is 7.84. The van der Waals surface area contributed by atoms with Gasteiger partial charge in [0.25, 0.3) is 0 Å². The van der Waals surface area contributed by atoms with Crippen LogP contribution >= 0.6 is 11.3 Å². The Hall–Kier alpha value is -6.94. The molecule has 0 N–H and O–H groups in total. The van der Waals surface area contributed by atoms with Gasteiger partial charge in [0, 0.05) is 42.3 Å². The van der Waals surface area contributed by atoms with Crippen LogP contribution in [0.5, 0.6) is 0 Å². The molecule has 0 saturated heterocycles. The fourth-order valence-corrected chi connectivity index (χ4v) is 10.3. The minimum Gasteiger partial charge on any atom is -0.228 e. The van der Waals surface area contributed by atoms with E-state index in [9.17, 15) is 0 Å². The van der Waals surface area contributed by atoms with E-state index >= 15 is 0 Å². The molecule has 2 heterocycles. The first-order chi connectivity index (χ1) is 28.1. The highest BCUT2D eigenvalue weighted by molar-refractivity contribution is 7.26. The number of hydrogen-bond acceptors (Lipinski definition) is 3. The van der Waals surface area contributed by atoms with Gasteiger partial charge in [-0.25, -0.2) is 9.97 Å². The molecule has 2 nitrogen and oxygen atoms in total. The Balaban J connectivity index is 1.02. The molecule has 1 atom stereocenters. The summed E-state index contributed by atoms with van der Waals surface area (Å²) in [4.78, 5) is 10.4. The van der Waals surface area contributed by atoms with Gasteiger partial charge in [0.1, 0.15) is 0 Å². The SMILES string of the molecule is CC1(c2ccccc2)c2ccccc2-c2cccc(-c3ccc(-c4cc(-c5cccc(-c6cccc7c6sc6ccccc67)c5)nc(-c5ccccc5)n4)cc3)c21. The van der Waals surface area contributed by atoms with Crippen molar-refractivity contribution in [2.24, 2.45) is 0 Å². The fourth-order valence-electron chi connectivity index (χ4n) is 9.02. The molecule has 0 radical (unpaired) electrons. The van der Waals surface area contributed by atoms with Gasteiger partial charge >= 0.3 is 0 Å². The quantitative estimate of drug-likeness (QED) is 0.169. The normalized spacial score (nSPS) is 14.5. The molecule has 10 aromatic rings. The average molecular weight is 745 g/mol. The largest absolute Gasteiger partial charge is 0.228 e. The van der Waals surface area contributed by atoms with E-state index in [1.54, 1.807) is 0 Å². The lowest BCUT2D eigenvalue weighted by Gasteiger charge is -2.30. The van der Waals surface area contributed by atoms with Gasteiger partial charge in [0.2, 0.25) is 0 Å². The zero-order valence-corrected chi connectivity index (χ0v) is 32.2. The molecule has 0 saturated carbocycles. The molecule has 1 aliphatic rings. The summed E-state index contributed by atoms with van der Waals surface area (Å²) in [5.41, 5.74) is 16.1. The fraction of sp³-hybridized carbons (Fsp3) is 0.0370. The summed E-state index contributed by atoms with van der Waals surface area (Å²) >= 11 is 1.86. The minimum absolute atomic E-state index is 0.286. The van der Waals surface area contributed by atoms with Crippen LogP contribution in [0.2, 0.25) is 0 Å². The van der Waals surface area contributed by atoms with Gasteiger partial charge in [-0.05, 0) is 75.2 Å². The monoisotopic (exact) mass is 744 g/mol. The summed E-state index contributed by atoms with van der Waals surface area (Å²) in [6.45, 7) is 2.39. The first-order valence-corrected chi connectivity index (χ1v) is 20.3. The third kappa shape index (κ3) is 5.46. The van der Waals surface area contributed by atoms with Crippen molar-refractivity contribution in [2.45, 2.75) is 12.3 Å². The Morgan fingerprint density at radius 2 is 0.982 bits per heavy atom. The maximum atomic E-state index is 5.19. The Morgan fingerprint density at radius 3 is 1.82 bits per heavy atom. The van der Waals surface area contributed by atoms with Crippen molar-refractivity contribution in [1.29, 1.82) is 0 Å². The highest BCUT2D eigenvalue weighted by Crippen LogP contribution is 2.55. The van der Waals surface area contributed by atoms with Crippen molar-refractivity contribution in [3.63, 3.8) is 0 Å². The first-order valence-electron chi connectivity index (χ1n) is 19.5. The Morgan fingerprint density at radius 1 is 0.404 bits per heavy atom. The smallest absolute Gasteiger partial charge is 0.160 e. The molecular formula is C54H36N2S. The zero-order chi connectivity index (χ0) is 37.9. The highest BCUT2D eigenvalue weighted by atomic mass is 32.1. The first kappa shape index (κ1) is 33.4. The highest BCUT2D eigenvalue weighted by Gasteiger charge is 2.42. The summed E-state index contributed by atoms with van der Waals surface area (Å²) in [5, 5.41) is 2.61. The molecule has 0 aliphatic heterocycles. The van der Waals surface area contributed by atoms with E-state index in [1.165, 1.54) is 70.2 Å². The van der Waals surface area contributed by atoms with Gasteiger partial charge in [-0.3, -0.25) is 0 Å². The molecule has 1 unspecified atom stereocenters. The summed E-state index contributed by atoms with van der Waals surface area (Å²) < 4.78 is 2.61. The summed E-state index contributed by atoms with van der Waals surface area (Å²) in [5.74, 6) is 0.710. The van der Waals surface area contributed by atoms with Gasteiger partial charge < -0.3 is 0 Å². The topological polar surface area (TPSA) is 25.8 Å². The van der Waals surface area contributed by atoms with Crippen LogP contribution in [0.4, 0.5) is 0 Å². The number of hydrogen-bond donors (Lipinski definition) is 0. The predicted octanol–water partition coefficient (Wildman–Crippen LogP) is 14.5. The van der Waals surface area contributed by atoms with Gasteiger partial charge in [0.15, 0.2) is 5.82 Å². The molecule has 2 aromatic heterocycles. The standard InChI is InChI=1S/C54H36N2S/c1-54(40-19-6-3-7-20-40)47-27-10-8-21-43(47)45-25-13-23-41(51(45)54)35-29-31-36(32-30-35)48-34-49(56-53(55-48)37-15-4-2-5-16-37)39-18-12-17-38(33-39)42-24-14-26-46-44-22-9-11-28-50(44)57-52(42)46/h2-34H,1H3. The molecule has 11 rings (SSSR count). The van der Waals surface area contributed by atoms with E-state index in [-0.39, 0.29) is 5.41 Å². The lowest BCUT2D eigenvalue weighted by atomic mass is 9.72. The van der Waals surface area contributed by atoms with Crippen molar-refractivity contribution >= 4 is 31.5 Å².